The number of furan rings is 1. The van der Waals surface area contributed by atoms with Crippen molar-refractivity contribution < 1.29 is 13.9 Å². The number of methoxy groups -OCH3 is 1. The van der Waals surface area contributed by atoms with Crippen LogP contribution in [0.4, 0.5) is 0 Å². The predicted octanol–water partition coefficient (Wildman–Crippen LogP) is 2.72. The lowest BCUT2D eigenvalue weighted by Crippen LogP contribution is -2.04. The van der Waals surface area contributed by atoms with E-state index in [0.29, 0.717) is 5.92 Å². The fourth-order valence-corrected chi connectivity index (χ4v) is 2.25. The second kappa shape index (κ2) is 5.01. The number of carbonyl (C=O) groups excluding carboxylic acids is 1. The molecule has 16 heavy (non-hydrogen) atoms. The van der Waals surface area contributed by atoms with Gasteiger partial charge in [-0.05, 0) is 37.3 Å². The van der Waals surface area contributed by atoms with Crippen LogP contribution in [0.15, 0.2) is 34.5 Å². The topological polar surface area (TPSA) is 39.4 Å². The summed E-state index contributed by atoms with van der Waals surface area (Å²) >= 11 is 0. The number of carbonyl (C=O) groups is 1. The van der Waals surface area contributed by atoms with Crippen LogP contribution in [-0.4, -0.2) is 13.1 Å². The molecule has 3 nitrogen and oxygen atoms in total. The molecule has 1 atom stereocenters. The largest absolute Gasteiger partial charge is 0.469 e. The molecule has 1 aliphatic rings. The van der Waals surface area contributed by atoms with Crippen LogP contribution in [-0.2, 0) is 16.0 Å². The first-order valence-electron chi connectivity index (χ1n) is 5.60. The number of allylic oxidation sites excluding steroid dienone is 1. The zero-order valence-corrected chi connectivity index (χ0v) is 9.44. The molecule has 0 bridgehead atoms. The molecule has 0 radical (unpaired) electrons. The van der Waals surface area contributed by atoms with Crippen LogP contribution in [0, 0.1) is 5.92 Å². The van der Waals surface area contributed by atoms with Crippen molar-refractivity contribution >= 4 is 5.97 Å². The van der Waals surface area contributed by atoms with Gasteiger partial charge in [-0.15, -0.1) is 0 Å². The first kappa shape index (κ1) is 11.0. The molecular weight excluding hydrogens is 204 g/mol. The maximum Gasteiger partial charge on any atom is 0.330 e. The quantitative estimate of drug-likeness (QED) is 0.580. The van der Waals surface area contributed by atoms with Gasteiger partial charge < -0.3 is 9.15 Å². The fraction of sp³-hybridized carbons (Fsp3) is 0.462. The molecule has 0 N–H and O–H groups in total. The molecule has 2 rings (SSSR count). The maximum atomic E-state index is 11.2. The van der Waals surface area contributed by atoms with Crippen LogP contribution in [0.25, 0.3) is 0 Å². The van der Waals surface area contributed by atoms with Gasteiger partial charge >= 0.3 is 5.97 Å². The summed E-state index contributed by atoms with van der Waals surface area (Å²) in [5.41, 5.74) is 1.20. The Labute approximate surface area is 95.1 Å². The van der Waals surface area contributed by atoms with E-state index in [0.717, 1.165) is 31.4 Å². The lowest BCUT2D eigenvalue weighted by Gasteiger charge is -2.09. The molecule has 1 saturated carbocycles. The summed E-state index contributed by atoms with van der Waals surface area (Å²) in [5.74, 6) is 1.18. The third kappa shape index (κ3) is 2.54. The summed E-state index contributed by atoms with van der Waals surface area (Å²) in [5, 5.41) is 0. The van der Waals surface area contributed by atoms with Gasteiger partial charge in [0.25, 0.3) is 0 Å². The number of rotatable bonds is 3. The average molecular weight is 220 g/mol. The van der Waals surface area contributed by atoms with Gasteiger partial charge in [0.05, 0.1) is 13.4 Å². The summed E-state index contributed by atoms with van der Waals surface area (Å²) < 4.78 is 9.99. The molecule has 1 aromatic heterocycles. The van der Waals surface area contributed by atoms with E-state index in [4.69, 9.17) is 4.42 Å². The molecule has 0 aromatic carbocycles. The van der Waals surface area contributed by atoms with Crippen molar-refractivity contribution in [2.24, 2.45) is 5.92 Å². The van der Waals surface area contributed by atoms with Crippen LogP contribution in [0.3, 0.4) is 0 Å². The zero-order valence-electron chi connectivity index (χ0n) is 9.44. The highest BCUT2D eigenvalue weighted by Crippen LogP contribution is 2.33. The smallest absolute Gasteiger partial charge is 0.330 e. The molecular formula is C13H16O3. The van der Waals surface area contributed by atoms with Crippen LogP contribution in [0.1, 0.15) is 25.0 Å². The Kier molecular flexibility index (Phi) is 3.44. The highest BCUT2D eigenvalue weighted by Gasteiger charge is 2.23. The van der Waals surface area contributed by atoms with Crippen molar-refractivity contribution in [2.45, 2.75) is 25.7 Å². The van der Waals surface area contributed by atoms with E-state index in [1.807, 2.05) is 12.1 Å². The number of hydrogen-bond acceptors (Lipinski definition) is 3. The van der Waals surface area contributed by atoms with Gasteiger partial charge in [0, 0.05) is 12.5 Å². The number of hydrogen-bond donors (Lipinski definition) is 0. The minimum absolute atomic E-state index is 0.249. The molecule has 0 saturated heterocycles. The SMILES string of the molecule is COC(=O)/C=C1\CCC[C@H]1Cc1ccco1. The highest BCUT2D eigenvalue weighted by molar-refractivity contribution is 5.82. The molecule has 1 heterocycles. The first-order valence-corrected chi connectivity index (χ1v) is 5.60. The summed E-state index contributed by atoms with van der Waals surface area (Å²) in [6.07, 6.45) is 7.49. The van der Waals surface area contributed by atoms with Gasteiger partial charge in [0.15, 0.2) is 0 Å². The lowest BCUT2D eigenvalue weighted by atomic mass is 9.97. The van der Waals surface area contributed by atoms with E-state index >= 15 is 0 Å². The van der Waals surface area contributed by atoms with Gasteiger partial charge in [-0.3, -0.25) is 0 Å². The van der Waals surface area contributed by atoms with Crippen LogP contribution in [0.2, 0.25) is 0 Å². The van der Waals surface area contributed by atoms with Crippen LogP contribution < -0.4 is 0 Å². The number of ether oxygens (including phenoxy) is 1. The van der Waals surface area contributed by atoms with Gasteiger partial charge in [0.2, 0.25) is 0 Å². The van der Waals surface area contributed by atoms with E-state index in [9.17, 15) is 4.79 Å². The van der Waals surface area contributed by atoms with Crippen molar-refractivity contribution in [1.29, 1.82) is 0 Å². The van der Waals surface area contributed by atoms with Crippen LogP contribution >= 0.6 is 0 Å². The minimum Gasteiger partial charge on any atom is -0.469 e. The third-order valence-electron chi connectivity index (χ3n) is 3.07. The monoisotopic (exact) mass is 220 g/mol. The Hall–Kier alpha value is -1.51. The molecule has 0 aliphatic heterocycles. The van der Waals surface area contributed by atoms with E-state index in [2.05, 4.69) is 4.74 Å². The van der Waals surface area contributed by atoms with Crippen molar-refractivity contribution in [2.75, 3.05) is 7.11 Å². The third-order valence-corrected chi connectivity index (χ3v) is 3.07. The van der Waals surface area contributed by atoms with Gasteiger partial charge in [-0.25, -0.2) is 4.79 Å². The molecule has 86 valence electrons. The lowest BCUT2D eigenvalue weighted by molar-refractivity contribution is -0.134. The zero-order chi connectivity index (χ0) is 11.4. The molecule has 1 fully saturated rings. The summed E-state index contributed by atoms with van der Waals surface area (Å²) in [6, 6.07) is 3.88. The maximum absolute atomic E-state index is 11.2. The molecule has 1 aliphatic carbocycles. The van der Waals surface area contributed by atoms with Crippen molar-refractivity contribution in [1.82, 2.24) is 0 Å². The van der Waals surface area contributed by atoms with Crippen molar-refractivity contribution in [3.8, 4) is 0 Å². The Bertz CT molecular complexity index is 376. The Morgan fingerprint density at radius 2 is 2.56 bits per heavy atom. The molecule has 0 amide bonds. The second-order valence-corrected chi connectivity index (χ2v) is 4.12. The highest BCUT2D eigenvalue weighted by atomic mass is 16.5. The minimum atomic E-state index is -0.249. The average Bonchev–Trinajstić information content (AvgIpc) is 2.92. The molecule has 1 aromatic rings. The van der Waals surface area contributed by atoms with E-state index in [1.165, 1.54) is 12.7 Å². The van der Waals surface area contributed by atoms with Gasteiger partial charge in [0.1, 0.15) is 5.76 Å². The van der Waals surface area contributed by atoms with Gasteiger partial charge in [-0.2, -0.15) is 0 Å². The first-order chi connectivity index (χ1) is 7.79. The van der Waals surface area contributed by atoms with Crippen molar-refractivity contribution in [3.05, 3.63) is 35.8 Å². The Morgan fingerprint density at radius 3 is 3.25 bits per heavy atom. The van der Waals surface area contributed by atoms with Gasteiger partial charge in [-0.1, -0.05) is 5.57 Å². The Balaban J connectivity index is 2.03. The molecule has 0 unspecified atom stereocenters. The van der Waals surface area contributed by atoms with E-state index < -0.39 is 0 Å². The second-order valence-electron chi connectivity index (χ2n) is 4.12. The standard InChI is InChI=1S/C13H16O3/c1-15-13(14)9-11-5-2-4-10(11)8-12-6-3-7-16-12/h3,6-7,9-10H,2,4-5,8H2,1H3/b11-9+/t10-/m0/s1. The molecule has 3 heteroatoms. The Morgan fingerprint density at radius 1 is 1.69 bits per heavy atom. The summed E-state index contributed by atoms with van der Waals surface area (Å²) in [7, 11) is 1.41. The molecule has 0 spiro atoms. The fourth-order valence-electron chi connectivity index (χ4n) is 2.25. The van der Waals surface area contributed by atoms with E-state index in [-0.39, 0.29) is 5.97 Å². The summed E-state index contributed by atoms with van der Waals surface area (Å²) in [6.45, 7) is 0. The normalized spacial score (nSPS) is 22.6. The van der Waals surface area contributed by atoms with Crippen LogP contribution in [0.5, 0.6) is 0 Å². The predicted molar refractivity (Wildman–Crippen MR) is 59.9 cm³/mol. The van der Waals surface area contributed by atoms with Crippen molar-refractivity contribution in [3.63, 3.8) is 0 Å². The number of esters is 1. The van der Waals surface area contributed by atoms with E-state index in [1.54, 1.807) is 12.3 Å². The summed E-state index contributed by atoms with van der Waals surface area (Å²) in [4.78, 5) is 11.2.